The first-order valence-corrected chi connectivity index (χ1v) is 8.34. The Hall–Kier alpha value is -0.780. The van der Waals surface area contributed by atoms with Crippen LogP contribution in [0.4, 0.5) is 0 Å². The van der Waals surface area contributed by atoms with Gasteiger partial charge in [-0.15, -0.1) is 24.0 Å². The third kappa shape index (κ3) is 4.61. The van der Waals surface area contributed by atoms with Gasteiger partial charge in [-0.05, 0) is 49.0 Å². The minimum Gasteiger partial charge on any atom is -0.370 e. The third-order valence-electron chi connectivity index (χ3n) is 5.22. The summed E-state index contributed by atoms with van der Waals surface area (Å²) in [5.74, 6) is 1.46. The van der Waals surface area contributed by atoms with Gasteiger partial charge in [-0.2, -0.15) is 0 Å². The monoisotopic (exact) mass is 413 g/mol. The first kappa shape index (κ1) is 17.6. The molecule has 2 aliphatic carbocycles. The lowest BCUT2D eigenvalue weighted by atomic mass is 9.65. The maximum Gasteiger partial charge on any atom is 0.188 e. The highest BCUT2D eigenvalue weighted by Gasteiger charge is 2.36. The van der Waals surface area contributed by atoms with E-state index >= 15 is 0 Å². The predicted molar refractivity (Wildman–Crippen MR) is 104 cm³/mol. The Morgan fingerprint density at radius 2 is 1.91 bits per heavy atom. The van der Waals surface area contributed by atoms with Crippen molar-refractivity contribution < 1.29 is 0 Å². The second-order valence-electron chi connectivity index (χ2n) is 6.90. The fourth-order valence-corrected chi connectivity index (χ4v) is 3.35. The Bertz CT molecular complexity index is 478. The van der Waals surface area contributed by atoms with Crippen molar-refractivity contribution >= 4 is 29.9 Å². The van der Waals surface area contributed by atoms with Gasteiger partial charge in [0.25, 0.3) is 0 Å². The summed E-state index contributed by atoms with van der Waals surface area (Å²) in [5.41, 5.74) is 7.79. The van der Waals surface area contributed by atoms with Crippen molar-refractivity contribution in [2.75, 3.05) is 13.1 Å². The number of aliphatic imine (C=N–C) groups is 1. The highest BCUT2D eigenvalue weighted by molar-refractivity contribution is 14.0. The molecule has 0 radical (unpaired) electrons. The lowest BCUT2D eigenvalue weighted by Gasteiger charge is -2.41. The zero-order chi connectivity index (χ0) is 14.5. The van der Waals surface area contributed by atoms with Crippen LogP contribution in [0.1, 0.15) is 44.1 Å². The summed E-state index contributed by atoms with van der Waals surface area (Å²) < 4.78 is 0. The van der Waals surface area contributed by atoms with Gasteiger partial charge in [-0.1, -0.05) is 43.2 Å². The lowest BCUT2D eigenvalue weighted by Crippen LogP contribution is -2.40. The Kier molecular flexibility index (Phi) is 6.53. The van der Waals surface area contributed by atoms with E-state index < -0.39 is 0 Å². The summed E-state index contributed by atoms with van der Waals surface area (Å²) >= 11 is 0. The van der Waals surface area contributed by atoms with Crippen LogP contribution < -0.4 is 11.1 Å². The molecule has 0 heterocycles. The molecule has 3 nitrogen and oxygen atoms in total. The Balaban J connectivity index is 0.00000176. The summed E-state index contributed by atoms with van der Waals surface area (Å²) in [7, 11) is 0. The number of halogens is 1. The number of hydrogen-bond donors (Lipinski definition) is 2. The number of hydrogen-bond acceptors (Lipinski definition) is 1. The fraction of sp³-hybridized carbons (Fsp3) is 0.611. The first-order chi connectivity index (χ1) is 10.3. The molecule has 0 aliphatic heterocycles. The average molecular weight is 413 g/mol. The number of benzene rings is 1. The molecule has 2 saturated carbocycles. The quantitative estimate of drug-likeness (QED) is 0.424. The molecule has 0 saturated heterocycles. The minimum absolute atomic E-state index is 0. The molecule has 3 N–H and O–H groups in total. The van der Waals surface area contributed by atoms with Gasteiger partial charge in [-0.25, -0.2) is 0 Å². The van der Waals surface area contributed by atoms with Crippen molar-refractivity contribution in [3.8, 4) is 0 Å². The van der Waals surface area contributed by atoms with Crippen LogP contribution >= 0.6 is 24.0 Å². The van der Waals surface area contributed by atoms with Gasteiger partial charge >= 0.3 is 0 Å². The topological polar surface area (TPSA) is 50.4 Å². The Labute approximate surface area is 151 Å². The van der Waals surface area contributed by atoms with Crippen LogP contribution in [0.15, 0.2) is 35.3 Å². The summed E-state index contributed by atoms with van der Waals surface area (Å²) in [5, 5.41) is 3.30. The number of nitrogens with two attached hydrogens (primary N) is 1. The van der Waals surface area contributed by atoms with Crippen LogP contribution in [-0.2, 0) is 6.42 Å². The average Bonchev–Trinajstić information content (AvgIpc) is 2.41. The molecule has 2 fully saturated rings. The van der Waals surface area contributed by atoms with Gasteiger partial charge in [0.15, 0.2) is 5.96 Å². The van der Waals surface area contributed by atoms with Crippen LogP contribution in [0.5, 0.6) is 0 Å². The molecule has 0 bridgehead atoms. The molecule has 0 atom stereocenters. The molecule has 0 aromatic heterocycles. The maximum absolute atomic E-state index is 6.02. The molecule has 122 valence electrons. The van der Waals surface area contributed by atoms with Crippen LogP contribution in [-0.4, -0.2) is 19.0 Å². The van der Waals surface area contributed by atoms with Crippen molar-refractivity contribution in [1.82, 2.24) is 5.32 Å². The van der Waals surface area contributed by atoms with E-state index in [0.29, 0.717) is 11.4 Å². The molecule has 0 spiro atoms. The number of rotatable bonds is 6. The molecule has 1 aromatic rings. The number of nitrogens with zero attached hydrogens (tertiary/aromatic N) is 1. The predicted octanol–water partition coefficient (Wildman–Crippen LogP) is 3.72. The van der Waals surface area contributed by atoms with E-state index in [1.165, 1.54) is 44.1 Å². The van der Waals surface area contributed by atoms with Crippen molar-refractivity contribution in [2.45, 2.75) is 44.9 Å². The van der Waals surface area contributed by atoms with E-state index in [-0.39, 0.29) is 24.0 Å². The SMILES string of the molecule is I.NC(=NCC1(Cc2ccccc2)CCC1)NCC1CCC1. The number of guanidine groups is 1. The van der Waals surface area contributed by atoms with Gasteiger partial charge in [0.2, 0.25) is 0 Å². The molecular weight excluding hydrogens is 385 g/mol. The van der Waals surface area contributed by atoms with Crippen LogP contribution in [0, 0.1) is 11.3 Å². The van der Waals surface area contributed by atoms with Gasteiger partial charge in [0.05, 0.1) is 0 Å². The normalized spacial score (nSPS) is 20.5. The summed E-state index contributed by atoms with van der Waals surface area (Å²) in [4.78, 5) is 4.63. The second kappa shape index (κ2) is 8.18. The van der Waals surface area contributed by atoms with E-state index in [9.17, 15) is 0 Å². The van der Waals surface area contributed by atoms with E-state index in [0.717, 1.165) is 25.4 Å². The first-order valence-electron chi connectivity index (χ1n) is 8.34. The highest BCUT2D eigenvalue weighted by atomic mass is 127. The van der Waals surface area contributed by atoms with Gasteiger partial charge < -0.3 is 11.1 Å². The van der Waals surface area contributed by atoms with Crippen LogP contribution in [0.25, 0.3) is 0 Å². The maximum atomic E-state index is 6.02. The number of nitrogens with one attached hydrogen (secondary N) is 1. The zero-order valence-corrected chi connectivity index (χ0v) is 15.6. The van der Waals surface area contributed by atoms with Crippen LogP contribution in [0.2, 0.25) is 0 Å². The van der Waals surface area contributed by atoms with E-state index in [1.807, 2.05) is 0 Å². The molecule has 3 rings (SSSR count). The Morgan fingerprint density at radius 3 is 2.45 bits per heavy atom. The molecule has 1 aromatic carbocycles. The Morgan fingerprint density at radius 1 is 1.18 bits per heavy atom. The molecule has 2 aliphatic rings. The fourth-order valence-electron chi connectivity index (χ4n) is 3.35. The van der Waals surface area contributed by atoms with Gasteiger partial charge in [0, 0.05) is 13.1 Å². The molecule has 22 heavy (non-hydrogen) atoms. The van der Waals surface area contributed by atoms with E-state index in [4.69, 9.17) is 5.73 Å². The smallest absolute Gasteiger partial charge is 0.188 e. The van der Waals surface area contributed by atoms with E-state index in [1.54, 1.807) is 0 Å². The molecule has 0 amide bonds. The van der Waals surface area contributed by atoms with Crippen molar-refractivity contribution in [2.24, 2.45) is 22.1 Å². The summed E-state index contributed by atoms with van der Waals surface area (Å²) in [6.07, 6.45) is 9.09. The lowest BCUT2D eigenvalue weighted by molar-refractivity contribution is 0.145. The standard InChI is InChI=1S/C18H27N3.HI/c19-17(20-13-16-8-4-9-16)21-14-18(10-5-11-18)12-15-6-2-1-3-7-15;/h1-3,6-7,16H,4-5,8-14H2,(H3,19,20,21);1H. The van der Waals surface area contributed by atoms with E-state index in [2.05, 4.69) is 40.6 Å². The summed E-state index contributed by atoms with van der Waals surface area (Å²) in [6, 6.07) is 10.8. The minimum atomic E-state index is 0. The molecular formula is C18H28IN3. The highest BCUT2D eigenvalue weighted by Crippen LogP contribution is 2.43. The third-order valence-corrected chi connectivity index (χ3v) is 5.22. The van der Waals surface area contributed by atoms with Gasteiger partial charge in [0.1, 0.15) is 0 Å². The summed E-state index contributed by atoms with van der Waals surface area (Å²) in [6.45, 7) is 1.87. The largest absolute Gasteiger partial charge is 0.370 e. The molecule has 4 heteroatoms. The van der Waals surface area contributed by atoms with Crippen molar-refractivity contribution in [3.05, 3.63) is 35.9 Å². The van der Waals surface area contributed by atoms with Crippen molar-refractivity contribution in [1.29, 1.82) is 0 Å². The van der Waals surface area contributed by atoms with Crippen LogP contribution in [0.3, 0.4) is 0 Å². The zero-order valence-electron chi connectivity index (χ0n) is 13.3. The van der Waals surface area contributed by atoms with Gasteiger partial charge in [-0.3, -0.25) is 4.99 Å². The molecule has 0 unspecified atom stereocenters. The van der Waals surface area contributed by atoms with Crippen molar-refractivity contribution in [3.63, 3.8) is 0 Å². The second-order valence-corrected chi connectivity index (χ2v) is 6.90.